The number of aliphatic hydroxyl groups is 1. The smallest absolute Gasteiger partial charge is 0.360 e. The molecule has 0 aliphatic heterocycles. The fourth-order valence-corrected chi connectivity index (χ4v) is 1.97. The number of oxazole rings is 1. The molecule has 0 aliphatic carbocycles. The van der Waals surface area contributed by atoms with Gasteiger partial charge in [0.25, 0.3) is 0 Å². The van der Waals surface area contributed by atoms with Crippen LogP contribution in [0.1, 0.15) is 29.6 Å². The zero-order valence-corrected chi connectivity index (χ0v) is 12.7. The summed E-state index contributed by atoms with van der Waals surface area (Å²) in [7, 11) is 1.59. The Morgan fingerprint density at radius 1 is 1.32 bits per heavy atom. The van der Waals surface area contributed by atoms with E-state index in [1.54, 1.807) is 19.2 Å². The number of methoxy groups -OCH3 is 1. The van der Waals surface area contributed by atoms with Gasteiger partial charge in [0, 0.05) is 12.0 Å². The number of aromatic nitrogens is 1. The molecule has 22 heavy (non-hydrogen) atoms. The molecule has 0 aliphatic rings. The van der Waals surface area contributed by atoms with Crippen molar-refractivity contribution in [3.05, 3.63) is 35.7 Å². The minimum Gasteiger partial charge on any atom is -0.497 e. The van der Waals surface area contributed by atoms with Crippen LogP contribution >= 0.6 is 0 Å². The minimum atomic E-state index is -0.582. The first-order chi connectivity index (χ1) is 10.7. The molecule has 118 valence electrons. The van der Waals surface area contributed by atoms with E-state index in [9.17, 15) is 4.79 Å². The second-order valence-electron chi connectivity index (χ2n) is 4.63. The lowest BCUT2D eigenvalue weighted by atomic mass is 10.2. The largest absolute Gasteiger partial charge is 0.497 e. The van der Waals surface area contributed by atoms with Crippen LogP contribution in [-0.2, 0) is 11.2 Å². The third-order valence-corrected chi connectivity index (χ3v) is 3.03. The number of hydrogen-bond acceptors (Lipinski definition) is 6. The van der Waals surface area contributed by atoms with Crippen molar-refractivity contribution in [2.24, 2.45) is 0 Å². The normalized spacial score (nSPS) is 10.5. The zero-order chi connectivity index (χ0) is 15.9. The molecule has 0 spiro atoms. The molecule has 6 nitrogen and oxygen atoms in total. The first-order valence-corrected chi connectivity index (χ1v) is 7.11. The van der Waals surface area contributed by atoms with Gasteiger partial charge in [-0.05, 0) is 30.7 Å². The number of esters is 1. The Kier molecular flexibility index (Phi) is 5.55. The van der Waals surface area contributed by atoms with E-state index < -0.39 is 5.97 Å². The summed E-state index contributed by atoms with van der Waals surface area (Å²) in [5.74, 6) is 1.01. The SMILES string of the molecule is CCCc1oc(-c2ccc(OC)cc2)nc1C(=O)OCCO. The lowest BCUT2D eigenvalue weighted by molar-refractivity contribution is 0.0425. The van der Waals surface area contributed by atoms with Crippen molar-refractivity contribution < 1.29 is 23.8 Å². The third-order valence-electron chi connectivity index (χ3n) is 3.03. The lowest BCUT2D eigenvalue weighted by Crippen LogP contribution is -2.11. The van der Waals surface area contributed by atoms with E-state index in [0.717, 1.165) is 17.7 Å². The standard InChI is InChI=1S/C16H19NO5/c1-3-4-13-14(16(19)21-10-9-18)17-15(22-13)11-5-7-12(20-2)8-6-11/h5-8,18H,3-4,9-10H2,1-2H3. The molecule has 0 fully saturated rings. The van der Waals surface area contributed by atoms with Gasteiger partial charge in [-0.2, -0.15) is 0 Å². The maximum Gasteiger partial charge on any atom is 0.360 e. The number of ether oxygens (including phenoxy) is 2. The van der Waals surface area contributed by atoms with Crippen LogP contribution in [0.4, 0.5) is 0 Å². The number of benzene rings is 1. The van der Waals surface area contributed by atoms with E-state index in [1.165, 1.54) is 0 Å². The Hall–Kier alpha value is -2.34. The maximum atomic E-state index is 12.0. The summed E-state index contributed by atoms with van der Waals surface area (Å²) in [6, 6.07) is 7.21. The molecule has 0 saturated heterocycles. The molecule has 0 amide bonds. The van der Waals surface area contributed by atoms with Gasteiger partial charge in [-0.3, -0.25) is 0 Å². The second-order valence-corrected chi connectivity index (χ2v) is 4.63. The Morgan fingerprint density at radius 2 is 2.05 bits per heavy atom. The minimum absolute atomic E-state index is 0.0604. The van der Waals surface area contributed by atoms with Gasteiger partial charge in [0.1, 0.15) is 18.1 Å². The highest BCUT2D eigenvalue weighted by Gasteiger charge is 2.21. The zero-order valence-electron chi connectivity index (χ0n) is 12.7. The summed E-state index contributed by atoms with van der Waals surface area (Å²) in [5, 5.41) is 8.73. The highest BCUT2D eigenvalue weighted by Crippen LogP contribution is 2.25. The molecule has 0 atom stereocenters. The topological polar surface area (TPSA) is 81.8 Å². The lowest BCUT2D eigenvalue weighted by Gasteiger charge is -2.00. The van der Waals surface area contributed by atoms with E-state index in [1.807, 2.05) is 19.1 Å². The van der Waals surface area contributed by atoms with Gasteiger partial charge in [-0.15, -0.1) is 0 Å². The number of carbonyl (C=O) groups is 1. The molecular formula is C16H19NO5. The van der Waals surface area contributed by atoms with Gasteiger partial charge in [-0.25, -0.2) is 9.78 Å². The summed E-state index contributed by atoms with van der Waals surface area (Å²) in [5.41, 5.74) is 0.917. The van der Waals surface area contributed by atoms with Crippen LogP contribution in [0.5, 0.6) is 5.75 Å². The van der Waals surface area contributed by atoms with Crippen molar-refractivity contribution in [3.8, 4) is 17.2 Å². The fourth-order valence-electron chi connectivity index (χ4n) is 1.97. The van der Waals surface area contributed by atoms with Crippen molar-refractivity contribution >= 4 is 5.97 Å². The Bertz CT molecular complexity index is 618. The molecule has 1 aromatic carbocycles. The molecule has 0 saturated carbocycles. The summed E-state index contributed by atoms with van der Waals surface area (Å²) in [6.45, 7) is 1.70. The van der Waals surface area contributed by atoms with Crippen LogP contribution in [0.25, 0.3) is 11.5 Å². The van der Waals surface area contributed by atoms with E-state index in [0.29, 0.717) is 18.1 Å². The fraction of sp³-hybridized carbons (Fsp3) is 0.375. The number of carbonyl (C=O) groups excluding carboxylic acids is 1. The van der Waals surface area contributed by atoms with Crippen molar-refractivity contribution in [2.45, 2.75) is 19.8 Å². The summed E-state index contributed by atoms with van der Waals surface area (Å²) >= 11 is 0. The molecule has 1 heterocycles. The highest BCUT2D eigenvalue weighted by atomic mass is 16.5. The molecule has 0 bridgehead atoms. The van der Waals surface area contributed by atoms with Gasteiger partial charge in [-0.1, -0.05) is 6.92 Å². The average Bonchev–Trinajstić information content (AvgIpc) is 2.97. The average molecular weight is 305 g/mol. The number of nitrogens with zero attached hydrogens (tertiary/aromatic N) is 1. The number of aliphatic hydroxyl groups excluding tert-OH is 1. The number of hydrogen-bond donors (Lipinski definition) is 1. The molecule has 1 aromatic heterocycles. The van der Waals surface area contributed by atoms with Crippen LogP contribution in [-0.4, -0.2) is 36.4 Å². The maximum absolute atomic E-state index is 12.0. The van der Waals surface area contributed by atoms with Crippen LogP contribution in [0, 0.1) is 0 Å². The van der Waals surface area contributed by atoms with Crippen molar-refractivity contribution in [1.82, 2.24) is 4.98 Å². The summed E-state index contributed by atoms with van der Waals surface area (Å²) in [4.78, 5) is 16.2. The summed E-state index contributed by atoms with van der Waals surface area (Å²) < 4.78 is 15.7. The monoisotopic (exact) mass is 305 g/mol. The first kappa shape index (κ1) is 16.0. The molecular weight excluding hydrogens is 286 g/mol. The molecule has 0 unspecified atom stereocenters. The van der Waals surface area contributed by atoms with Gasteiger partial charge < -0.3 is 19.0 Å². The van der Waals surface area contributed by atoms with Crippen molar-refractivity contribution in [3.63, 3.8) is 0 Å². The van der Waals surface area contributed by atoms with Gasteiger partial charge in [0.15, 0.2) is 5.69 Å². The predicted octanol–water partition coefficient (Wildman–Crippen LogP) is 2.45. The van der Waals surface area contributed by atoms with Crippen LogP contribution in [0.15, 0.2) is 28.7 Å². The molecule has 2 aromatic rings. The van der Waals surface area contributed by atoms with Crippen molar-refractivity contribution in [1.29, 1.82) is 0 Å². The Morgan fingerprint density at radius 3 is 2.64 bits per heavy atom. The third kappa shape index (κ3) is 3.65. The molecule has 6 heteroatoms. The Labute approximate surface area is 128 Å². The number of rotatable bonds is 7. The van der Waals surface area contributed by atoms with Crippen LogP contribution in [0.2, 0.25) is 0 Å². The van der Waals surface area contributed by atoms with Crippen molar-refractivity contribution in [2.75, 3.05) is 20.3 Å². The number of aryl methyl sites for hydroxylation is 1. The van der Waals surface area contributed by atoms with Crippen LogP contribution < -0.4 is 4.74 Å². The van der Waals surface area contributed by atoms with E-state index in [2.05, 4.69) is 4.98 Å². The predicted molar refractivity (Wildman–Crippen MR) is 79.9 cm³/mol. The van der Waals surface area contributed by atoms with Gasteiger partial charge >= 0.3 is 5.97 Å². The highest BCUT2D eigenvalue weighted by molar-refractivity contribution is 5.89. The van der Waals surface area contributed by atoms with E-state index >= 15 is 0 Å². The summed E-state index contributed by atoms with van der Waals surface area (Å²) in [6.07, 6.45) is 1.41. The first-order valence-electron chi connectivity index (χ1n) is 7.11. The van der Waals surface area contributed by atoms with Gasteiger partial charge in [0.05, 0.1) is 13.7 Å². The van der Waals surface area contributed by atoms with Crippen LogP contribution in [0.3, 0.4) is 0 Å². The van der Waals surface area contributed by atoms with Gasteiger partial charge in [0.2, 0.25) is 5.89 Å². The quantitative estimate of drug-likeness (QED) is 0.791. The molecule has 1 N–H and O–H groups in total. The Balaban J connectivity index is 2.30. The van der Waals surface area contributed by atoms with E-state index in [4.69, 9.17) is 19.0 Å². The molecule has 2 rings (SSSR count). The van der Waals surface area contributed by atoms with E-state index in [-0.39, 0.29) is 18.9 Å². The second kappa shape index (κ2) is 7.61. The molecule has 0 radical (unpaired) electrons.